The number of esters is 1. The molecular formula is C29H29NO4. The van der Waals surface area contributed by atoms with E-state index >= 15 is 0 Å². The van der Waals surface area contributed by atoms with E-state index in [1.54, 1.807) is 6.92 Å². The quantitative estimate of drug-likeness (QED) is 0.476. The number of nitrogens with one attached hydrogen (secondary N) is 1. The average molecular weight is 456 g/mol. The van der Waals surface area contributed by atoms with E-state index in [0.29, 0.717) is 6.42 Å². The molecule has 3 aromatic carbocycles. The molecule has 5 heteroatoms. The van der Waals surface area contributed by atoms with E-state index in [4.69, 9.17) is 4.74 Å². The van der Waals surface area contributed by atoms with Crippen LogP contribution in [-0.2, 0) is 25.5 Å². The van der Waals surface area contributed by atoms with Gasteiger partial charge >= 0.3 is 5.97 Å². The van der Waals surface area contributed by atoms with Gasteiger partial charge in [-0.25, -0.2) is 0 Å². The van der Waals surface area contributed by atoms with Crippen LogP contribution in [0.15, 0.2) is 78.9 Å². The number of rotatable bonds is 9. The average Bonchev–Trinajstić information content (AvgIpc) is 3.16. The van der Waals surface area contributed by atoms with E-state index in [2.05, 4.69) is 29.6 Å². The van der Waals surface area contributed by atoms with Crippen LogP contribution in [0.3, 0.4) is 0 Å². The van der Waals surface area contributed by atoms with Gasteiger partial charge in [0.1, 0.15) is 6.61 Å². The third-order valence-corrected chi connectivity index (χ3v) is 6.38. The first-order chi connectivity index (χ1) is 16.4. The summed E-state index contributed by atoms with van der Waals surface area (Å²) >= 11 is 0. The Balaban J connectivity index is 1.33. The van der Waals surface area contributed by atoms with Crippen molar-refractivity contribution in [3.8, 4) is 11.1 Å². The molecular weight excluding hydrogens is 426 g/mol. The Bertz CT molecular complexity index is 1140. The number of Topliss-reactive ketones (excluding diaryl/α,β-unsaturated/α-hetero) is 1. The minimum atomic E-state index is -0.625. The molecule has 1 aliphatic carbocycles. The Kier molecular flexibility index (Phi) is 7.21. The molecule has 1 N–H and O–H groups in total. The van der Waals surface area contributed by atoms with Crippen molar-refractivity contribution >= 4 is 17.7 Å². The van der Waals surface area contributed by atoms with Gasteiger partial charge in [-0.1, -0.05) is 85.8 Å². The highest BCUT2D eigenvalue weighted by Crippen LogP contribution is 2.44. The monoisotopic (exact) mass is 455 g/mol. The van der Waals surface area contributed by atoms with Crippen LogP contribution in [0.2, 0.25) is 0 Å². The molecule has 0 heterocycles. The van der Waals surface area contributed by atoms with E-state index in [-0.39, 0.29) is 30.6 Å². The molecule has 0 radical (unpaired) electrons. The van der Waals surface area contributed by atoms with Crippen LogP contribution < -0.4 is 5.32 Å². The fraction of sp³-hybridized carbons (Fsp3) is 0.276. The molecule has 174 valence electrons. The highest BCUT2D eigenvalue weighted by Gasteiger charge is 2.30. The summed E-state index contributed by atoms with van der Waals surface area (Å²) in [6, 6.07) is 25.2. The fourth-order valence-electron chi connectivity index (χ4n) is 4.48. The van der Waals surface area contributed by atoms with Crippen LogP contribution in [0, 0.1) is 5.92 Å². The van der Waals surface area contributed by atoms with Gasteiger partial charge in [-0.3, -0.25) is 14.4 Å². The number of hydrogen-bond acceptors (Lipinski definition) is 4. The number of hydrogen-bond donors (Lipinski definition) is 1. The molecule has 4 rings (SSSR count). The van der Waals surface area contributed by atoms with Crippen LogP contribution in [0.4, 0.5) is 0 Å². The van der Waals surface area contributed by atoms with Crippen molar-refractivity contribution in [1.82, 2.24) is 5.32 Å². The van der Waals surface area contributed by atoms with Crippen LogP contribution in [0.25, 0.3) is 11.1 Å². The summed E-state index contributed by atoms with van der Waals surface area (Å²) in [5.41, 5.74) is 5.59. The minimum Gasteiger partial charge on any atom is -0.465 e. The van der Waals surface area contributed by atoms with Crippen LogP contribution in [0.5, 0.6) is 0 Å². The summed E-state index contributed by atoms with van der Waals surface area (Å²) in [6.45, 7) is 3.37. The van der Waals surface area contributed by atoms with Crippen LogP contribution >= 0.6 is 0 Å². The summed E-state index contributed by atoms with van der Waals surface area (Å²) in [5.74, 6) is -1.50. The predicted octanol–water partition coefficient (Wildman–Crippen LogP) is 4.68. The Hall–Kier alpha value is -3.73. The summed E-state index contributed by atoms with van der Waals surface area (Å²) in [7, 11) is 0. The molecule has 0 spiro atoms. The van der Waals surface area contributed by atoms with Gasteiger partial charge in [0.25, 0.3) is 0 Å². The Labute approximate surface area is 200 Å². The maximum Gasteiger partial charge on any atom is 0.306 e. The Morgan fingerprint density at radius 2 is 1.41 bits per heavy atom. The molecule has 1 amide bonds. The number of benzene rings is 3. The maximum absolute atomic E-state index is 12.7. The second-order valence-corrected chi connectivity index (χ2v) is 8.88. The molecule has 5 nitrogen and oxygen atoms in total. The van der Waals surface area contributed by atoms with E-state index in [9.17, 15) is 14.4 Å². The van der Waals surface area contributed by atoms with Gasteiger partial charge in [-0.2, -0.15) is 0 Å². The van der Waals surface area contributed by atoms with E-state index < -0.39 is 17.9 Å². The first kappa shape index (κ1) is 23.4. The maximum atomic E-state index is 12.7. The van der Waals surface area contributed by atoms with Crippen molar-refractivity contribution < 1.29 is 19.1 Å². The molecule has 1 aliphatic rings. The summed E-state index contributed by atoms with van der Waals surface area (Å²) in [4.78, 5) is 37.4. The molecule has 2 atom stereocenters. The number of ketones is 1. The normalized spacial score (nSPS) is 13.9. The molecule has 34 heavy (non-hydrogen) atoms. The standard InChI is InChI=1S/C29H29NO4/c1-19(29(33)30-27(20(2)31)17-21-10-4-3-5-11-21)16-28(32)34-18-26-24-14-8-6-12-22(24)23-13-7-9-15-25(23)26/h3-15,19,26-27H,16-18H2,1-2H3,(H,30,33)/t19-,27+/m1/s1. The van der Waals surface area contributed by atoms with Crippen LogP contribution in [0.1, 0.15) is 42.9 Å². The van der Waals surface area contributed by atoms with E-state index in [1.165, 1.54) is 18.1 Å². The molecule has 0 aliphatic heterocycles. The molecule has 0 fully saturated rings. The van der Waals surface area contributed by atoms with Gasteiger partial charge in [-0.05, 0) is 41.2 Å². The SMILES string of the molecule is CC(=O)[C@H](Cc1ccccc1)NC(=O)[C@H](C)CC(=O)OCC1c2ccccc2-c2ccccc21. The lowest BCUT2D eigenvalue weighted by molar-refractivity contribution is -0.147. The van der Waals surface area contributed by atoms with Crippen molar-refractivity contribution in [3.05, 3.63) is 95.6 Å². The zero-order chi connectivity index (χ0) is 24.1. The number of carbonyl (C=O) groups is 3. The van der Waals surface area contributed by atoms with E-state index in [0.717, 1.165) is 16.7 Å². The van der Waals surface area contributed by atoms with Gasteiger partial charge in [0.05, 0.1) is 12.5 Å². The second kappa shape index (κ2) is 10.5. The highest BCUT2D eigenvalue weighted by atomic mass is 16.5. The van der Waals surface area contributed by atoms with Crippen molar-refractivity contribution in [2.45, 2.75) is 38.6 Å². The summed E-state index contributed by atoms with van der Waals surface area (Å²) in [5, 5.41) is 2.80. The lowest BCUT2D eigenvalue weighted by atomic mass is 9.98. The predicted molar refractivity (Wildman–Crippen MR) is 131 cm³/mol. The van der Waals surface area contributed by atoms with Gasteiger partial charge in [-0.15, -0.1) is 0 Å². The van der Waals surface area contributed by atoms with Gasteiger partial charge < -0.3 is 10.1 Å². The molecule has 0 aromatic heterocycles. The van der Waals surface area contributed by atoms with Gasteiger partial charge in [0.15, 0.2) is 5.78 Å². The third kappa shape index (κ3) is 5.25. The van der Waals surface area contributed by atoms with Crippen molar-refractivity contribution in [3.63, 3.8) is 0 Å². The van der Waals surface area contributed by atoms with Crippen molar-refractivity contribution in [2.24, 2.45) is 5.92 Å². The number of fused-ring (bicyclic) bond motifs is 3. The smallest absolute Gasteiger partial charge is 0.306 e. The van der Waals surface area contributed by atoms with Crippen molar-refractivity contribution in [1.29, 1.82) is 0 Å². The zero-order valence-electron chi connectivity index (χ0n) is 19.5. The number of carbonyl (C=O) groups excluding carboxylic acids is 3. The highest BCUT2D eigenvalue weighted by molar-refractivity contribution is 5.90. The number of ether oxygens (including phenoxy) is 1. The second-order valence-electron chi connectivity index (χ2n) is 8.88. The topological polar surface area (TPSA) is 72.5 Å². The Morgan fingerprint density at radius 1 is 0.853 bits per heavy atom. The molecule has 0 saturated heterocycles. The summed E-state index contributed by atoms with van der Waals surface area (Å²) < 4.78 is 5.62. The number of amides is 1. The molecule has 0 unspecified atom stereocenters. The van der Waals surface area contributed by atoms with Gasteiger partial charge in [0.2, 0.25) is 5.91 Å². The summed E-state index contributed by atoms with van der Waals surface area (Å²) in [6.07, 6.45) is 0.372. The van der Waals surface area contributed by atoms with Crippen molar-refractivity contribution in [2.75, 3.05) is 6.61 Å². The first-order valence-corrected chi connectivity index (χ1v) is 11.6. The largest absolute Gasteiger partial charge is 0.465 e. The fourth-order valence-corrected chi connectivity index (χ4v) is 4.48. The lowest BCUT2D eigenvalue weighted by Gasteiger charge is -2.19. The third-order valence-electron chi connectivity index (χ3n) is 6.38. The van der Waals surface area contributed by atoms with Crippen LogP contribution in [-0.4, -0.2) is 30.3 Å². The molecule has 0 bridgehead atoms. The zero-order valence-corrected chi connectivity index (χ0v) is 19.5. The first-order valence-electron chi connectivity index (χ1n) is 11.6. The Morgan fingerprint density at radius 3 is 2.00 bits per heavy atom. The molecule has 3 aromatic rings. The minimum absolute atomic E-state index is 0.0200. The van der Waals surface area contributed by atoms with E-state index in [1.807, 2.05) is 54.6 Å². The molecule has 0 saturated carbocycles. The van der Waals surface area contributed by atoms with Gasteiger partial charge in [0, 0.05) is 11.8 Å². The lowest BCUT2D eigenvalue weighted by Crippen LogP contribution is -2.44.